The van der Waals surface area contributed by atoms with E-state index in [1.165, 1.54) is 0 Å². The predicted molar refractivity (Wildman–Crippen MR) is 62.6 cm³/mol. The van der Waals surface area contributed by atoms with E-state index in [1.54, 1.807) is 18.2 Å². The van der Waals surface area contributed by atoms with Crippen LogP contribution in [0.3, 0.4) is 0 Å². The van der Waals surface area contributed by atoms with E-state index in [2.05, 4.69) is 6.92 Å². The zero-order valence-electron chi connectivity index (χ0n) is 9.19. The maximum absolute atomic E-state index is 13.6. The minimum absolute atomic E-state index is 0.166. The first-order chi connectivity index (χ1) is 6.96. The molecule has 1 aromatic rings. The third-order valence-corrected chi connectivity index (χ3v) is 2.74. The standard InChI is InChI=1S/C12H17ClFN/c1-3-7-12(2,15)8-9-5-4-6-10(13)11(9)14/h4-6H,3,7-8,15H2,1-2H3. The fourth-order valence-electron chi connectivity index (χ4n) is 1.78. The molecule has 1 unspecified atom stereocenters. The van der Waals surface area contributed by atoms with Crippen LogP contribution in [0.15, 0.2) is 18.2 Å². The summed E-state index contributed by atoms with van der Waals surface area (Å²) in [6.07, 6.45) is 2.39. The van der Waals surface area contributed by atoms with E-state index in [4.69, 9.17) is 17.3 Å². The Morgan fingerprint density at radius 1 is 1.47 bits per heavy atom. The molecule has 0 aromatic heterocycles. The molecule has 0 heterocycles. The van der Waals surface area contributed by atoms with Gasteiger partial charge in [-0.25, -0.2) is 4.39 Å². The molecule has 3 heteroatoms. The van der Waals surface area contributed by atoms with Crippen LogP contribution in [0.1, 0.15) is 32.3 Å². The quantitative estimate of drug-likeness (QED) is 0.840. The molecule has 0 aliphatic heterocycles. The van der Waals surface area contributed by atoms with Gasteiger partial charge in [-0.15, -0.1) is 0 Å². The molecule has 0 aliphatic carbocycles. The third-order valence-electron chi connectivity index (χ3n) is 2.45. The number of nitrogens with two attached hydrogens (primary N) is 1. The van der Waals surface area contributed by atoms with Crippen LogP contribution in [0.25, 0.3) is 0 Å². The highest BCUT2D eigenvalue weighted by atomic mass is 35.5. The molecule has 0 saturated heterocycles. The molecular weight excluding hydrogens is 213 g/mol. The Hall–Kier alpha value is -0.600. The zero-order valence-corrected chi connectivity index (χ0v) is 9.94. The van der Waals surface area contributed by atoms with Crippen molar-refractivity contribution in [3.05, 3.63) is 34.6 Å². The smallest absolute Gasteiger partial charge is 0.145 e. The Morgan fingerprint density at radius 2 is 2.13 bits per heavy atom. The molecule has 0 bridgehead atoms. The van der Waals surface area contributed by atoms with Crippen LogP contribution < -0.4 is 5.73 Å². The fraction of sp³-hybridized carbons (Fsp3) is 0.500. The SMILES string of the molecule is CCCC(C)(N)Cc1cccc(Cl)c1F. The monoisotopic (exact) mass is 229 g/mol. The lowest BCUT2D eigenvalue weighted by Crippen LogP contribution is -2.38. The minimum Gasteiger partial charge on any atom is -0.325 e. The molecule has 0 radical (unpaired) electrons. The number of halogens is 2. The molecule has 15 heavy (non-hydrogen) atoms. The van der Waals surface area contributed by atoms with Crippen molar-refractivity contribution in [2.75, 3.05) is 0 Å². The van der Waals surface area contributed by atoms with Gasteiger partial charge in [0.05, 0.1) is 5.02 Å². The van der Waals surface area contributed by atoms with Crippen LogP contribution in [-0.4, -0.2) is 5.54 Å². The van der Waals surface area contributed by atoms with Gasteiger partial charge < -0.3 is 5.73 Å². The molecule has 1 rings (SSSR count). The van der Waals surface area contributed by atoms with Crippen molar-refractivity contribution in [3.63, 3.8) is 0 Å². The van der Waals surface area contributed by atoms with Crippen LogP contribution in [0.5, 0.6) is 0 Å². The van der Waals surface area contributed by atoms with Gasteiger partial charge in [-0.05, 0) is 31.4 Å². The van der Waals surface area contributed by atoms with Crippen molar-refractivity contribution in [3.8, 4) is 0 Å². The summed E-state index contributed by atoms with van der Waals surface area (Å²) in [5.74, 6) is -0.341. The van der Waals surface area contributed by atoms with E-state index in [9.17, 15) is 4.39 Å². The molecule has 1 nitrogen and oxygen atoms in total. The van der Waals surface area contributed by atoms with Crippen LogP contribution in [0.2, 0.25) is 5.02 Å². The first-order valence-electron chi connectivity index (χ1n) is 5.18. The van der Waals surface area contributed by atoms with Gasteiger partial charge in [0, 0.05) is 5.54 Å². The molecule has 1 aromatic carbocycles. The summed E-state index contributed by atoms with van der Waals surface area (Å²) < 4.78 is 13.6. The summed E-state index contributed by atoms with van der Waals surface area (Å²) in [6, 6.07) is 5.04. The molecule has 1 atom stereocenters. The summed E-state index contributed by atoms with van der Waals surface area (Å²) in [5.41, 5.74) is 6.31. The lowest BCUT2D eigenvalue weighted by Gasteiger charge is -2.24. The Kier molecular flexibility index (Phi) is 4.12. The fourth-order valence-corrected chi connectivity index (χ4v) is 1.97. The van der Waals surface area contributed by atoms with Gasteiger partial charge in [0.2, 0.25) is 0 Å². The van der Waals surface area contributed by atoms with Gasteiger partial charge in [-0.3, -0.25) is 0 Å². The van der Waals surface area contributed by atoms with Gasteiger partial charge in [0.25, 0.3) is 0 Å². The summed E-state index contributed by atoms with van der Waals surface area (Å²) in [4.78, 5) is 0. The number of hydrogen-bond acceptors (Lipinski definition) is 1. The van der Waals surface area contributed by atoms with E-state index in [0.717, 1.165) is 12.8 Å². The Bertz CT molecular complexity index is 336. The average Bonchev–Trinajstić information content (AvgIpc) is 2.12. The highest BCUT2D eigenvalue weighted by Gasteiger charge is 2.20. The molecule has 0 amide bonds. The Morgan fingerprint density at radius 3 is 2.73 bits per heavy atom. The summed E-state index contributed by atoms with van der Waals surface area (Å²) in [7, 11) is 0. The lowest BCUT2D eigenvalue weighted by atomic mass is 9.89. The van der Waals surface area contributed by atoms with Crippen molar-refractivity contribution < 1.29 is 4.39 Å². The van der Waals surface area contributed by atoms with E-state index in [1.807, 2.05) is 6.92 Å². The second kappa shape index (κ2) is 4.95. The van der Waals surface area contributed by atoms with Crippen molar-refractivity contribution in [2.45, 2.75) is 38.6 Å². The van der Waals surface area contributed by atoms with Crippen molar-refractivity contribution in [1.82, 2.24) is 0 Å². The summed E-state index contributed by atoms with van der Waals surface area (Å²) >= 11 is 5.70. The number of rotatable bonds is 4. The maximum atomic E-state index is 13.6. The highest BCUT2D eigenvalue weighted by Crippen LogP contribution is 2.22. The van der Waals surface area contributed by atoms with Gasteiger partial charge in [0.15, 0.2) is 0 Å². The average molecular weight is 230 g/mol. The Labute approximate surface area is 95.4 Å². The predicted octanol–water partition coefficient (Wildman–Crippen LogP) is 3.54. The molecule has 0 spiro atoms. The summed E-state index contributed by atoms with van der Waals surface area (Å²) in [5, 5.41) is 0.166. The number of benzene rings is 1. The first kappa shape index (κ1) is 12.5. The maximum Gasteiger partial charge on any atom is 0.145 e. The van der Waals surface area contributed by atoms with Crippen molar-refractivity contribution in [1.29, 1.82) is 0 Å². The summed E-state index contributed by atoms with van der Waals surface area (Å²) in [6.45, 7) is 4.01. The van der Waals surface area contributed by atoms with Crippen molar-refractivity contribution >= 4 is 11.6 Å². The molecule has 84 valence electrons. The van der Waals surface area contributed by atoms with Crippen LogP contribution >= 0.6 is 11.6 Å². The molecule has 0 aliphatic rings. The molecule has 0 saturated carbocycles. The second-order valence-corrected chi connectivity index (χ2v) is 4.70. The lowest BCUT2D eigenvalue weighted by molar-refractivity contribution is 0.417. The minimum atomic E-state index is -0.361. The molecular formula is C12H17ClFN. The topological polar surface area (TPSA) is 26.0 Å². The largest absolute Gasteiger partial charge is 0.325 e. The zero-order chi connectivity index (χ0) is 11.5. The van der Waals surface area contributed by atoms with Gasteiger partial charge in [0.1, 0.15) is 5.82 Å². The molecule has 0 fully saturated rings. The highest BCUT2D eigenvalue weighted by molar-refractivity contribution is 6.30. The molecule has 2 N–H and O–H groups in total. The third kappa shape index (κ3) is 3.47. The van der Waals surface area contributed by atoms with Crippen LogP contribution in [-0.2, 0) is 6.42 Å². The van der Waals surface area contributed by atoms with E-state index in [-0.39, 0.29) is 16.4 Å². The van der Waals surface area contributed by atoms with Gasteiger partial charge in [-0.1, -0.05) is 37.1 Å². The Balaban J connectivity index is 2.85. The van der Waals surface area contributed by atoms with Crippen LogP contribution in [0, 0.1) is 5.82 Å². The number of hydrogen-bond donors (Lipinski definition) is 1. The normalized spacial score (nSPS) is 15.0. The first-order valence-corrected chi connectivity index (χ1v) is 5.56. The second-order valence-electron chi connectivity index (χ2n) is 4.29. The van der Waals surface area contributed by atoms with E-state index < -0.39 is 0 Å². The van der Waals surface area contributed by atoms with Crippen molar-refractivity contribution in [2.24, 2.45) is 5.73 Å². The van der Waals surface area contributed by atoms with E-state index in [0.29, 0.717) is 12.0 Å². The van der Waals surface area contributed by atoms with Gasteiger partial charge in [-0.2, -0.15) is 0 Å². The van der Waals surface area contributed by atoms with Gasteiger partial charge >= 0.3 is 0 Å². The van der Waals surface area contributed by atoms with Crippen LogP contribution in [0.4, 0.5) is 4.39 Å². The van der Waals surface area contributed by atoms with E-state index >= 15 is 0 Å².